The first-order chi connectivity index (χ1) is 9.42. The Labute approximate surface area is 119 Å². The summed E-state index contributed by atoms with van der Waals surface area (Å²) in [7, 11) is -3.09. The molecule has 3 aliphatic heterocycles. The summed E-state index contributed by atoms with van der Waals surface area (Å²) in [4.78, 5) is 27.9. The molecule has 0 radical (unpaired) electrons. The van der Waals surface area contributed by atoms with Crippen LogP contribution in [0.4, 0.5) is 0 Å². The van der Waals surface area contributed by atoms with Crippen molar-refractivity contribution in [3.05, 3.63) is 0 Å². The number of carbonyl (C=O) groups excluding carboxylic acids is 2. The highest BCUT2D eigenvalue weighted by atomic mass is 32.2. The van der Waals surface area contributed by atoms with E-state index < -0.39 is 21.1 Å². The molecule has 2 amide bonds. The maximum Gasteiger partial charge on any atom is 0.246 e. The molecule has 3 fully saturated rings. The van der Waals surface area contributed by atoms with E-state index in [2.05, 4.69) is 0 Å². The predicted molar refractivity (Wildman–Crippen MR) is 72.7 cm³/mol. The smallest absolute Gasteiger partial charge is 0.246 e. The number of amides is 2. The molecule has 3 rings (SSSR count). The van der Waals surface area contributed by atoms with E-state index in [0.29, 0.717) is 25.8 Å². The first kappa shape index (κ1) is 13.9. The Hall–Kier alpha value is -1.11. The number of carbonyl (C=O) groups is 2. The average molecular weight is 300 g/mol. The summed E-state index contributed by atoms with van der Waals surface area (Å²) < 4.78 is 23.8. The van der Waals surface area contributed by atoms with Crippen LogP contribution in [0.15, 0.2) is 0 Å². The van der Waals surface area contributed by atoms with Crippen molar-refractivity contribution in [1.29, 1.82) is 0 Å². The third-order valence-electron chi connectivity index (χ3n) is 4.79. The molecule has 0 aromatic rings. The van der Waals surface area contributed by atoms with Crippen molar-refractivity contribution in [1.82, 2.24) is 9.80 Å². The van der Waals surface area contributed by atoms with Crippen molar-refractivity contribution in [2.75, 3.05) is 18.8 Å². The Morgan fingerprint density at radius 1 is 1.15 bits per heavy atom. The predicted octanol–water partition coefficient (Wildman–Crippen LogP) is -0.215. The summed E-state index contributed by atoms with van der Waals surface area (Å²) in [5.41, 5.74) is 0. The number of hydrogen-bond acceptors (Lipinski definition) is 4. The lowest BCUT2D eigenvalue weighted by Gasteiger charge is -2.41. The van der Waals surface area contributed by atoms with Crippen LogP contribution in [-0.2, 0) is 19.4 Å². The molecule has 3 atom stereocenters. The Morgan fingerprint density at radius 2 is 1.90 bits per heavy atom. The van der Waals surface area contributed by atoms with Crippen LogP contribution in [0.1, 0.15) is 32.6 Å². The third kappa shape index (κ3) is 2.03. The van der Waals surface area contributed by atoms with Crippen molar-refractivity contribution in [3.63, 3.8) is 0 Å². The van der Waals surface area contributed by atoms with Gasteiger partial charge < -0.3 is 9.80 Å². The summed E-state index contributed by atoms with van der Waals surface area (Å²) >= 11 is 0. The van der Waals surface area contributed by atoms with E-state index in [9.17, 15) is 18.0 Å². The minimum absolute atomic E-state index is 0.0394. The van der Waals surface area contributed by atoms with Crippen LogP contribution in [0.3, 0.4) is 0 Å². The van der Waals surface area contributed by atoms with Crippen LogP contribution in [0.5, 0.6) is 0 Å². The second kappa shape index (κ2) is 4.72. The normalized spacial score (nSPS) is 36.5. The highest BCUT2D eigenvalue weighted by Crippen LogP contribution is 2.29. The fourth-order valence-electron chi connectivity index (χ4n) is 3.57. The number of rotatable bonds is 2. The average Bonchev–Trinajstić information content (AvgIpc) is 2.99. The Balaban J connectivity index is 1.82. The third-order valence-corrected chi connectivity index (χ3v) is 7.05. The molecular weight excluding hydrogens is 280 g/mol. The molecule has 0 saturated carbocycles. The van der Waals surface area contributed by atoms with Crippen LogP contribution in [0, 0.1) is 0 Å². The molecule has 3 saturated heterocycles. The molecule has 3 heterocycles. The molecular formula is C13H20N2O4S. The monoisotopic (exact) mass is 300 g/mol. The van der Waals surface area contributed by atoms with Gasteiger partial charge in [-0.05, 0) is 32.6 Å². The fraction of sp³-hybridized carbons (Fsp3) is 0.846. The van der Waals surface area contributed by atoms with Crippen LogP contribution < -0.4 is 0 Å². The molecule has 0 N–H and O–H groups in total. The highest BCUT2D eigenvalue weighted by molar-refractivity contribution is 7.92. The highest BCUT2D eigenvalue weighted by Gasteiger charge is 2.47. The van der Waals surface area contributed by atoms with Gasteiger partial charge in [-0.25, -0.2) is 8.42 Å². The number of nitrogens with zero attached hydrogens (tertiary/aromatic N) is 2. The summed E-state index contributed by atoms with van der Waals surface area (Å²) in [6.07, 6.45) is 2.81. The minimum Gasteiger partial charge on any atom is -0.329 e. The zero-order valence-electron chi connectivity index (χ0n) is 11.6. The fourth-order valence-corrected chi connectivity index (χ4v) is 5.39. The van der Waals surface area contributed by atoms with E-state index in [4.69, 9.17) is 0 Å². The van der Waals surface area contributed by atoms with Gasteiger partial charge in [-0.2, -0.15) is 0 Å². The summed E-state index contributed by atoms with van der Waals surface area (Å²) in [6, 6.07) is -0.893. The van der Waals surface area contributed by atoms with E-state index in [0.717, 1.165) is 6.42 Å². The van der Waals surface area contributed by atoms with Crippen molar-refractivity contribution < 1.29 is 18.0 Å². The van der Waals surface area contributed by atoms with Crippen molar-refractivity contribution in [3.8, 4) is 0 Å². The minimum atomic E-state index is -3.09. The molecule has 0 aromatic carbocycles. The van der Waals surface area contributed by atoms with Gasteiger partial charge in [0.15, 0.2) is 9.84 Å². The molecule has 0 spiro atoms. The van der Waals surface area contributed by atoms with Gasteiger partial charge in [-0.1, -0.05) is 0 Å². The number of piperazine rings is 1. The van der Waals surface area contributed by atoms with E-state index in [1.165, 1.54) is 4.90 Å². The van der Waals surface area contributed by atoms with Gasteiger partial charge in [-0.15, -0.1) is 0 Å². The van der Waals surface area contributed by atoms with Crippen LogP contribution >= 0.6 is 0 Å². The van der Waals surface area contributed by atoms with Gasteiger partial charge in [0.05, 0.1) is 11.0 Å². The summed E-state index contributed by atoms with van der Waals surface area (Å²) in [5, 5.41) is -0.491. The molecule has 6 nitrogen and oxygen atoms in total. The van der Waals surface area contributed by atoms with Gasteiger partial charge in [-0.3, -0.25) is 9.59 Å². The number of sulfone groups is 1. The molecule has 112 valence electrons. The van der Waals surface area contributed by atoms with E-state index in [1.807, 2.05) is 0 Å². The number of hydrogen-bond donors (Lipinski definition) is 0. The molecule has 3 aliphatic rings. The lowest BCUT2D eigenvalue weighted by Crippen LogP contribution is -2.63. The standard InChI is InChI=1S/C13H20N2O4S/c1-9-12(16)14-6-2-5-11(14)13(17)15(9)8-10-4-3-7-20(10,18)19/h9-11H,2-8H2,1H3. The first-order valence-electron chi connectivity index (χ1n) is 7.24. The molecule has 20 heavy (non-hydrogen) atoms. The largest absolute Gasteiger partial charge is 0.329 e. The zero-order valence-corrected chi connectivity index (χ0v) is 12.4. The van der Waals surface area contributed by atoms with Gasteiger partial charge in [0.1, 0.15) is 12.1 Å². The van der Waals surface area contributed by atoms with Crippen molar-refractivity contribution in [2.24, 2.45) is 0 Å². The van der Waals surface area contributed by atoms with Crippen molar-refractivity contribution in [2.45, 2.75) is 49.9 Å². The van der Waals surface area contributed by atoms with Gasteiger partial charge in [0, 0.05) is 13.1 Å². The number of fused-ring (bicyclic) bond motifs is 1. The SMILES string of the molecule is CC1C(=O)N2CCCC2C(=O)N1CC1CCCS1(=O)=O. The molecule has 0 bridgehead atoms. The maximum atomic E-state index is 12.5. The van der Waals surface area contributed by atoms with Crippen LogP contribution in [0.25, 0.3) is 0 Å². The second-order valence-corrected chi connectivity index (χ2v) is 8.39. The second-order valence-electron chi connectivity index (χ2n) is 5.99. The lowest BCUT2D eigenvalue weighted by atomic mass is 10.1. The molecule has 3 unspecified atom stereocenters. The topological polar surface area (TPSA) is 74.8 Å². The molecule has 7 heteroatoms. The van der Waals surface area contributed by atoms with E-state index in [1.54, 1.807) is 11.8 Å². The Kier molecular flexibility index (Phi) is 3.27. The Bertz CT molecular complexity index is 545. The summed E-state index contributed by atoms with van der Waals surface area (Å²) in [6.45, 7) is 2.53. The van der Waals surface area contributed by atoms with E-state index >= 15 is 0 Å². The first-order valence-corrected chi connectivity index (χ1v) is 8.96. The Morgan fingerprint density at radius 3 is 2.55 bits per heavy atom. The molecule has 0 aromatic heterocycles. The lowest BCUT2D eigenvalue weighted by molar-refractivity contribution is -0.158. The zero-order chi connectivity index (χ0) is 14.5. The van der Waals surface area contributed by atoms with Crippen LogP contribution in [0.2, 0.25) is 0 Å². The van der Waals surface area contributed by atoms with Crippen molar-refractivity contribution >= 4 is 21.7 Å². The molecule has 0 aliphatic carbocycles. The quantitative estimate of drug-likeness (QED) is 0.707. The van der Waals surface area contributed by atoms with Crippen LogP contribution in [-0.4, -0.2) is 66.2 Å². The van der Waals surface area contributed by atoms with E-state index in [-0.39, 0.29) is 30.2 Å². The van der Waals surface area contributed by atoms with Gasteiger partial charge in [0.25, 0.3) is 0 Å². The maximum absolute atomic E-state index is 12.5. The summed E-state index contributed by atoms with van der Waals surface area (Å²) in [5.74, 6) is 0.0941. The van der Waals surface area contributed by atoms with Gasteiger partial charge >= 0.3 is 0 Å². The van der Waals surface area contributed by atoms with Gasteiger partial charge in [0.2, 0.25) is 11.8 Å².